The minimum Gasteiger partial charge on any atom is -0.345 e. The van der Waals surface area contributed by atoms with Crippen LogP contribution in [0.5, 0.6) is 0 Å². The molecule has 5 heteroatoms. The first-order valence-electron chi connectivity index (χ1n) is 6.10. The Bertz CT molecular complexity index is 674. The van der Waals surface area contributed by atoms with E-state index in [0.717, 1.165) is 11.1 Å². The van der Waals surface area contributed by atoms with Crippen molar-refractivity contribution in [2.45, 2.75) is 0 Å². The zero-order valence-corrected chi connectivity index (χ0v) is 11.3. The highest BCUT2D eigenvalue weighted by atomic mass is 16.2. The summed E-state index contributed by atoms with van der Waals surface area (Å²) >= 11 is 0. The molecule has 5 nitrogen and oxygen atoms in total. The van der Waals surface area contributed by atoms with E-state index < -0.39 is 0 Å². The van der Waals surface area contributed by atoms with Crippen LogP contribution in [0.2, 0.25) is 0 Å². The van der Waals surface area contributed by atoms with Gasteiger partial charge in [-0.15, -0.1) is 0 Å². The maximum absolute atomic E-state index is 12.2. The Morgan fingerprint density at radius 1 is 1.10 bits per heavy atom. The number of azide groups is 1. The van der Waals surface area contributed by atoms with Crippen molar-refractivity contribution in [1.29, 1.82) is 0 Å². The average Bonchev–Trinajstić information content (AvgIpc) is 2.48. The van der Waals surface area contributed by atoms with E-state index in [-0.39, 0.29) is 5.91 Å². The highest BCUT2D eigenvalue weighted by Crippen LogP contribution is 2.34. The van der Waals surface area contributed by atoms with Crippen LogP contribution in [0.25, 0.3) is 21.6 Å². The number of amides is 1. The normalized spacial score (nSPS) is 9.70. The lowest BCUT2D eigenvalue weighted by molar-refractivity contribution is 0.0828. The highest BCUT2D eigenvalue weighted by molar-refractivity contribution is 6.02. The van der Waals surface area contributed by atoms with Crippen LogP contribution in [-0.2, 0) is 0 Å². The van der Waals surface area contributed by atoms with Crippen molar-refractivity contribution in [1.82, 2.24) is 4.90 Å². The Morgan fingerprint density at radius 2 is 1.80 bits per heavy atom. The van der Waals surface area contributed by atoms with E-state index in [1.807, 2.05) is 36.4 Å². The van der Waals surface area contributed by atoms with Crippen LogP contribution in [0.4, 0.5) is 5.69 Å². The second kappa shape index (κ2) is 5.91. The highest BCUT2D eigenvalue weighted by Gasteiger charge is 2.16. The molecule has 2 aromatic rings. The van der Waals surface area contributed by atoms with Crippen molar-refractivity contribution >= 4 is 11.6 Å². The lowest BCUT2D eigenvalue weighted by Crippen LogP contribution is -2.21. The average molecular weight is 266 g/mol. The van der Waals surface area contributed by atoms with E-state index in [9.17, 15) is 4.79 Å². The van der Waals surface area contributed by atoms with E-state index >= 15 is 0 Å². The van der Waals surface area contributed by atoms with Crippen LogP contribution in [0.1, 0.15) is 10.4 Å². The van der Waals surface area contributed by atoms with Crippen LogP contribution in [0, 0.1) is 0 Å². The monoisotopic (exact) mass is 266 g/mol. The van der Waals surface area contributed by atoms with Gasteiger partial charge in [0.25, 0.3) is 5.91 Å². The predicted octanol–water partition coefficient (Wildman–Crippen LogP) is 4.00. The first kappa shape index (κ1) is 13.6. The number of nitrogens with zero attached hydrogens (tertiary/aromatic N) is 4. The molecule has 0 aliphatic rings. The van der Waals surface area contributed by atoms with Crippen molar-refractivity contribution in [3.05, 3.63) is 64.5 Å². The lowest BCUT2D eigenvalue weighted by atomic mass is 10.00. The van der Waals surface area contributed by atoms with Crippen LogP contribution in [-0.4, -0.2) is 24.9 Å². The second-order valence-corrected chi connectivity index (χ2v) is 4.46. The number of hydrogen-bond acceptors (Lipinski definition) is 2. The molecule has 1 amide bonds. The van der Waals surface area contributed by atoms with Gasteiger partial charge < -0.3 is 4.90 Å². The topological polar surface area (TPSA) is 69.1 Å². The number of hydrogen-bond donors (Lipinski definition) is 0. The minimum atomic E-state index is -0.190. The summed E-state index contributed by atoms with van der Waals surface area (Å²) in [5, 5.41) is 3.72. The largest absolute Gasteiger partial charge is 0.345 e. The van der Waals surface area contributed by atoms with Gasteiger partial charge in [0.1, 0.15) is 0 Å². The Hall–Kier alpha value is -2.78. The quantitative estimate of drug-likeness (QED) is 0.470. The third kappa shape index (κ3) is 2.63. The Balaban J connectivity index is 2.68. The Labute approximate surface area is 117 Å². The maximum atomic E-state index is 12.2. The summed E-state index contributed by atoms with van der Waals surface area (Å²) in [6, 6.07) is 14.8. The van der Waals surface area contributed by atoms with Crippen LogP contribution < -0.4 is 0 Å². The first-order valence-corrected chi connectivity index (χ1v) is 6.10. The molecule has 0 heterocycles. The summed E-state index contributed by atoms with van der Waals surface area (Å²) in [4.78, 5) is 16.5. The van der Waals surface area contributed by atoms with Gasteiger partial charge in [-0.1, -0.05) is 47.6 Å². The molecule has 0 aromatic heterocycles. The summed E-state index contributed by atoms with van der Waals surface area (Å²) in [5.74, 6) is -0.190. The first-order chi connectivity index (χ1) is 9.65. The fourth-order valence-electron chi connectivity index (χ4n) is 1.96. The van der Waals surface area contributed by atoms with E-state index in [4.69, 9.17) is 5.53 Å². The number of carbonyl (C=O) groups excluding carboxylic acids is 1. The standard InChI is InChI=1S/C15H14N4O/c1-19(2)15(20)13-10-6-9-12(14(13)17-18-16)11-7-4-3-5-8-11/h3-10H,1-2H3. The van der Waals surface area contributed by atoms with E-state index in [2.05, 4.69) is 10.0 Å². The van der Waals surface area contributed by atoms with E-state index in [1.165, 1.54) is 4.90 Å². The molecule has 100 valence electrons. The van der Waals surface area contributed by atoms with Gasteiger partial charge in [-0.2, -0.15) is 0 Å². The molecular formula is C15H14N4O. The summed E-state index contributed by atoms with van der Waals surface area (Å²) in [5.41, 5.74) is 11.2. The Kier molecular flexibility index (Phi) is 4.03. The molecule has 0 N–H and O–H groups in total. The second-order valence-electron chi connectivity index (χ2n) is 4.46. The SMILES string of the molecule is CN(C)C(=O)c1cccc(-c2ccccc2)c1N=[N+]=[N-]. The summed E-state index contributed by atoms with van der Waals surface area (Å²) in [6.07, 6.45) is 0. The zero-order valence-electron chi connectivity index (χ0n) is 11.3. The molecule has 0 aliphatic heterocycles. The molecule has 0 aliphatic carbocycles. The molecular weight excluding hydrogens is 252 g/mol. The van der Waals surface area contributed by atoms with Crippen molar-refractivity contribution in [2.24, 2.45) is 5.11 Å². The van der Waals surface area contributed by atoms with Gasteiger partial charge in [0, 0.05) is 24.6 Å². The van der Waals surface area contributed by atoms with Crippen LogP contribution >= 0.6 is 0 Å². The number of rotatable bonds is 3. The lowest BCUT2D eigenvalue weighted by Gasteiger charge is -2.14. The third-order valence-electron chi connectivity index (χ3n) is 2.90. The number of benzene rings is 2. The van der Waals surface area contributed by atoms with Crippen molar-refractivity contribution < 1.29 is 4.79 Å². The molecule has 2 aromatic carbocycles. The molecule has 0 saturated heterocycles. The summed E-state index contributed by atoms with van der Waals surface area (Å²) in [6.45, 7) is 0. The molecule has 20 heavy (non-hydrogen) atoms. The molecule has 0 unspecified atom stereocenters. The molecule has 0 spiro atoms. The van der Waals surface area contributed by atoms with Crippen LogP contribution in [0.15, 0.2) is 53.6 Å². The zero-order chi connectivity index (χ0) is 14.5. The molecule has 0 radical (unpaired) electrons. The van der Waals surface area contributed by atoms with E-state index in [0.29, 0.717) is 11.3 Å². The maximum Gasteiger partial charge on any atom is 0.253 e. The molecule has 0 fully saturated rings. The third-order valence-corrected chi connectivity index (χ3v) is 2.90. The predicted molar refractivity (Wildman–Crippen MR) is 78.7 cm³/mol. The molecule has 2 rings (SSSR count). The molecule has 0 bridgehead atoms. The van der Waals surface area contributed by atoms with Crippen molar-refractivity contribution in [3.63, 3.8) is 0 Å². The summed E-state index contributed by atoms with van der Waals surface area (Å²) in [7, 11) is 3.33. The fraction of sp³-hybridized carbons (Fsp3) is 0.133. The van der Waals surface area contributed by atoms with Gasteiger partial charge in [0.15, 0.2) is 0 Å². The minimum absolute atomic E-state index is 0.190. The summed E-state index contributed by atoms with van der Waals surface area (Å²) < 4.78 is 0. The van der Waals surface area contributed by atoms with Gasteiger partial charge in [-0.05, 0) is 22.7 Å². The van der Waals surface area contributed by atoms with Gasteiger partial charge in [0.2, 0.25) is 0 Å². The smallest absolute Gasteiger partial charge is 0.253 e. The molecule has 0 saturated carbocycles. The number of carbonyl (C=O) groups is 1. The fourth-order valence-corrected chi connectivity index (χ4v) is 1.96. The van der Waals surface area contributed by atoms with Gasteiger partial charge in [0.05, 0.1) is 5.69 Å². The van der Waals surface area contributed by atoms with Crippen molar-refractivity contribution in [2.75, 3.05) is 14.1 Å². The van der Waals surface area contributed by atoms with Gasteiger partial charge >= 0.3 is 0 Å². The van der Waals surface area contributed by atoms with Crippen molar-refractivity contribution in [3.8, 4) is 11.1 Å². The Morgan fingerprint density at radius 3 is 2.40 bits per heavy atom. The van der Waals surface area contributed by atoms with Gasteiger partial charge in [-0.3, -0.25) is 4.79 Å². The molecule has 0 atom stereocenters. The van der Waals surface area contributed by atoms with Crippen LogP contribution in [0.3, 0.4) is 0 Å². The van der Waals surface area contributed by atoms with Gasteiger partial charge in [-0.25, -0.2) is 0 Å². The van der Waals surface area contributed by atoms with E-state index in [1.54, 1.807) is 26.2 Å².